The van der Waals surface area contributed by atoms with Gasteiger partial charge in [0.05, 0.1) is 0 Å². The summed E-state index contributed by atoms with van der Waals surface area (Å²) in [7, 11) is 0. The van der Waals surface area contributed by atoms with Crippen LogP contribution in [0.15, 0.2) is 48.8 Å². The Bertz CT molecular complexity index is 634. The van der Waals surface area contributed by atoms with E-state index in [4.69, 9.17) is 0 Å². The first-order valence-electron chi connectivity index (χ1n) is 9.79. The van der Waals surface area contributed by atoms with Crippen molar-refractivity contribution in [2.45, 2.75) is 53.0 Å². The van der Waals surface area contributed by atoms with Crippen LogP contribution in [-0.2, 0) is 6.54 Å². The average molecular weight is 435 g/mol. The van der Waals surface area contributed by atoms with Crippen molar-refractivity contribution in [3.8, 4) is 0 Å². The molecule has 2 aromatic rings. The number of hydrogen-bond donors (Lipinski definition) is 0. The van der Waals surface area contributed by atoms with Gasteiger partial charge in [-0.2, -0.15) is 0 Å². The van der Waals surface area contributed by atoms with Crippen molar-refractivity contribution in [3.05, 3.63) is 59.9 Å². The van der Waals surface area contributed by atoms with Crippen molar-refractivity contribution < 1.29 is 27.0 Å². The van der Waals surface area contributed by atoms with Crippen LogP contribution in [0.5, 0.6) is 0 Å². The molecule has 4 heteroatoms. The molecule has 0 atom stereocenters. The lowest BCUT2D eigenvalue weighted by Gasteiger charge is -2.20. The normalized spacial score (nSPS) is 10.3. The Morgan fingerprint density at radius 3 is 1.85 bits per heavy atom. The molecule has 2 N–H and O–H groups in total. The van der Waals surface area contributed by atoms with E-state index in [0.717, 1.165) is 19.6 Å². The van der Waals surface area contributed by atoms with Gasteiger partial charge in [-0.3, -0.25) is 0 Å². The highest BCUT2D eigenvalue weighted by molar-refractivity contribution is 5.70. The Kier molecular flexibility index (Phi) is 13.5. The van der Waals surface area contributed by atoms with Gasteiger partial charge in [-0.15, -0.1) is 0 Å². The minimum atomic E-state index is 0. The van der Waals surface area contributed by atoms with E-state index in [2.05, 4.69) is 91.2 Å². The standard InChI is InChI=1S/C23H33N2.BrH.H2O/c1-4-7-8-9-18-24-19-16-22(17-20-24)11-10-21-12-14-23(15-13-21)25(5-2)6-3;;/h10-17,19-20H,4-9,18H2,1-3H3;1H;1H2/q+1;;/p-1. The molecule has 0 aliphatic carbocycles. The smallest absolute Gasteiger partial charge is 0.169 e. The summed E-state index contributed by atoms with van der Waals surface area (Å²) >= 11 is 0. The van der Waals surface area contributed by atoms with Crippen molar-refractivity contribution in [2.24, 2.45) is 0 Å². The van der Waals surface area contributed by atoms with Gasteiger partial charge in [0.15, 0.2) is 12.4 Å². The molecular formula is C23H35BrN2O. The van der Waals surface area contributed by atoms with Gasteiger partial charge >= 0.3 is 0 Å². The summed E-state index contributed by atoms with van der Waals surface area (Å²) in [5.74, 6) is 0. The van der Waals surface area contributed by atoms with Crippen molar-refractivity contribution >= 4 is 17.8 Å². The summed E-state index contributed by atoms with van der Waals surface area (Å²) in [5.41, 5.74) is 3.79. The fraction of sp³-hybridized carbons (Fsp3) is 0.435. The van der Waals surface area contributed by atoms with Crippen LogP contribution in [0.1, 0.15) is 57.6 Å². The lowest BCUT2D eigenvalue weighted by atomic mass is 10.1. The number of unbranched alkanes of at least 4 members (excludes halogenated alkanes) is 3. The summed E-state index contributed by atoms with van der Waals surface area (Å²) in [5, 5.41) is 0. The third-order valence-electron chi connectivity index (χ3n) is 4.68. The lowest BCUT2D eigenvalue weighted by molar-refractivity contribution is -0.697. The molecule has 0 unspecified atom stereocenters. The zero-order valence-electron chi connectivity index (χ0n) is 17.0. The van der Waals surface area contributed by atoms with Gasteiger partial charge in [0, 0.05) is 37.3 Å². The fourth-order valence-corrected chi connectivity index (χ4v) is 3.03. The highest BCUT2D eigenvalue weighted by Crippen LogP contribution is 2.16. The molecule has 1 aromatic carbocycles. The minimum absolute atomic E-state index is 0. The van der Waals surface area contributed by atoms with Crippen LogP contribution >= 0.6 is 0 Å². The molecule has 0 saturated carbocycles. The number of benzene rings is 1. The van der Waals surface area contributed by atoms with E-state index in [1.807, 2.05) is 0 Å². The maximum atomic E-state index is 2.37. The summed E-state index contributed by atoms with van der Waals surface area (Å²) in [6.07, 6.45) is 14.0. The first-order valence-corrected chi connectivity index (χ1v) is 9.79. The number of pyridine rings is 1. The molecule has 0 fully saturated rings. The summed E-state index contributed by atoms with van der Waals surface area (Å²) in [4.78, 5) is 2.37. The van der Waals surface area contributed by atoms with Crippen LogP contribution in [0.25, 0.3) is 12.2 Å². The van der Waals surface area contributed by atoms with Gasteiger partial charge in [0.1, 0.15) is 6.54 Å². The molecule has 3 nitrogen and oxygen atoms in total. The van der Waals surface area contributed by atoms with Gasteiger partial charge in [0.2, 0.25) is 0 Å². The SMILES string of the molecule is CCCCCC[n+]1ccc(/C=C/c2ccc(N(CC)CC)cc2)cc1.O.[Br-]. The van der Waals surface area contributed by atoms with Crippen LogP contribution in [0.4, 0.5) is 5.69 Å². The molecule has 0 saturated heterocycles. The van der Waals surface area contributed by atoms with E-state index >= 15 is 0 Å². The topological polar surface area (TPSA) is 38.6 Å². The zero-order valence-corrected chi connectivity index (χ0v) is 18.6. The van der Waals surface area contributed by atoms with E-state index < -0.39 is 0 Å². The predicted octanol–water partition coefficient (Wildman–Crippen LogP) is 1.75. The van der Waals surface area contributed by atoms with Crippen LogP contribution in [0.3, 0.4) is 0 Å². The third kappa shape index (κ3) is 8.72. The second kappa shape index (κ2) is 14.4. The van der Waals surface area contributed by atoms with Crippen molar-refractivity contribution in [1.29, 1.82) is 0 Å². The van der Waals surface area contributed by atoms with Gasteiger partial charge in [-0.1, -0.05) is 44.1 Å². The Hall–Kier alpha value is -1.65. The third-order valence-corrected chi connectivity index (χ3v) is 4.68. The molecule has 1 aromatic heterocycles. The van der Waals surface area contributed by atoms with Crippen LogP contribution in [-0.4, -0.2) is 18.6 Å². The molecule has 0 aliphatic rings. The Morgan fingerprint density at radius 1 is 0.778 bits per heavy atom. The Morgan fingerprint density at radius 2 is 1.33 bits per heavy atom. The first-order chi connectivity index (χ1) is 12.3. The molecule has 0 amide bonds. The maximum absolute atomic E-state index is 2.37. The largest absolute Gasteiger partial charge is 1.00 e. The number of aryl methyl sites for hydroxylation is 1. The Labute approximate surface area is 175 Å². The highest BCUT2D eigenvalue weighted by Gasteiger charge is 2.01. The highest BCUT2D eigenvalue weighted by atomic mass is 79.9. The van der Waals surface area contributed by atoms with Gasteiger partial charge in [0.25, 0.3) is 0 Å². The molecule has 1 heterocycles. The molecule has 150 valence electrons. The van der Waals surface area contributed by atoms with E-state index in [9.17, 15) is 0 Å². The fourth-order valence-electron chi connectivity index (χ4n) is 3.03. The molecule has 0 bridgehead atoms. The maximum Gasteiger partial charge on any atom is 0.169 e. The van der Waals surface area contributed by atoms with Crippen molar-refractivity contribution in [1.82, 2.24) is 0 Å². The molecular weight excluding hydrogens is 400 g/mol. The number of aromatic nitrogens is 1. The summed E-state index contributed by atoms with van der Waals surface area (Å²) in [6.45, 7) is 9.87. The van der Waals surface area contributed by atoms with E-state index in [0.29, 0.717) is 0 Å². The number of anilines is 1. The van der Waals surface area contributed by atoms with Gasteiger partial charge in [-0.25, -0.2) is 4.57 Å². The average Bonchev–Trinajstić information content (AvgIpc) is 2.66. The second-order valence-electron chi connectivity index (χ2n) is 6.53. The Balaban J connectivity index is 0.00000338. The molecule has 0 spiro atoms. The molecule has 2 rings (SSSR count). The van der Waals surface area contributed by atoms with Gasteiger partial charge in [-0.05, 0) is 43.5 Å². The van der Waals surface area contributed by atoms with E-state index in [1.165, 1.54) is 42.5 Å². The predicted molar refractivity (Wildman–Crippen MR) is 113 cm³/mol. The van der Waals surface area contributed by atoms with Gasteiger partial charge < -0.3 is 27.4 Å². The second-order valence-corrected chi connectivity index (χ2v) is 6.53. The lowest BCUT2D eigenvalue weighted by Crippen LogP contribution is -3.00. The molecule has 27 heavy (non-hydrogen) atoms. The van der Waals surface area contributed by atoms with Crippen LogP contribution in [0, 0.1) is 0 Å². The van der Waals surface area contributed by atoms with E-state index in [-0.39, 0.29) is 22.5 Å². The number of halogens is 1. The summed E-state index contributed by atoms with van der Waals surface area (Å²) < 4.78 is 2.28. The minimum Gasteiger partial charge on any atom is -1.00 e. The number of rotatable bonds is 10. The van der Waals surface area contributed by atoms with Crippen molar-refractivity contribution in [3.63, 3.8) is 0 Å². The zero-order chi connectivity index (χ0) is 17.9. The number of nitrogens with zero attached hydrogens (tertiary/aromatic N) is 2. The molecule has 0 radical (unpaired) electrons. The van der Waals surface area contributed by atoms with Crippen LogP contribution < -0.4 is 26.4 Å². The monoisotopic (exact) mass is 434 g/mol. The first kappa shape index (κ1) is 25.4. The van der Waals surface area contributed by atoms with E-state index in [1.54, 1.807) is 0 Å². The van der Waals surface area contributed by atoms with Crippen LogP contribution in [0.2, 0.25) is 0 Å². The summed E-state index contributed by atoms with van der Waals surface area (Å²) in [6, 6.07) is 13.2. The quantitative estimate of drug-likeness (QED) is 0.414. The molecule has 0 aliphatic heterocycles. The van der Waals surface area contributed by atoms with Crippen molar-refractivity contribution in [2.75, 3.05) is 18.0 Å². The number of hydrogen-bond acceptors (Lipinski definition) is 1.